The third-order valence-corrected chi connectivity index (χ3v) is 4.42. The molecule has 0 aliphatic carbocycles. The number of rotatable bonds is 4. The van der Waals surface area contributed by atoms with Gasteiger partial charge < -0.3 is 5.32 Å². The topological polar surface area (TPSA) is 12.0 Å². The molecule has 1 fully saturated rings. The van der Waals surface area contributed by atoms with Crippen molar-refractivity contribution in [2.45, 2.75) is 35.3 Å². The summed E-state index contributed by atoms with van der Waals surface area (Å²) < 4.78 is 78.1. The van der Waals surface area contributed by atoms with E-state index in [1.807, 2.05) is 0 Å². The first kappa shape index (κ1) is 16.5. The summed E-state index contributed by atoms with van der Waals surface area (Å²) in [4.78, 5) is -0.716. The Morgan fingerprint density at radius 3 is 2.33 bits per heavy atom. The Kier molecular flexibility index (Phi) is 5.08. The van der Waals surface area contributed by atoms with Crippen LogP contribution in [-0.4, -0.2) is 24.8 Å². The number of thioether (sulfide) groups is 1. The zero-order chi connectivity index (χ0) is 15.6. The fourth-order valence-electron chi connectivity index (χ4n) is 2.29. The van der Waals surface area contributed by atoms with Gasteiger partial charge in [0.25, 0.3) is 0 Å². The highest BCUT2D eigenvalue weighted by atomic mass is 32.2. The highest BCUT2D eigenvalue weighted by molar-refractivity contribution is 8.00. The molecule has 21 heavy (non-hydrogen) atoms. The van der Waals surface area contributed by atoms with Crippen molar-refractivity contribution in [3.63, 3.8) is 0 Å². The lowest BCUT2D eigenvalue weighted by Gasteiger charge is -2.26. The molecule has 1 aliphatic rings. The minimum atomic E-state index is -4.46. The Balaban J connectivity index is 2.39. The highest BCUT2D eigenvalue weighted by Crippen LogP contribution is 2.45. The molecule has 1 N–H and O–H groups in total. The molecular weight excluding hydrogens is 316 g/mol. The molecule has 0 amide bonds. The summed E-state index contributed by atoms with van der Waals surface area (Å²) in [6.07, 6.45) is -2.84. The summed E-state index contributed by atoms with van der Waals surface area (Å²) in [6, 6.07) is 2.05. The van der Waals surface area contributed by atoms with E-state index < -0.39 is 40.0 Å². The van der Waals surface area contributed by atoms with Crippen molar-refractivity contribution < 1.29 is 26.3 Å². The average Bonchev–Trinajstić information content (AvgIpc) is 2.45. The van der Waals surface area contributed by atoms with Gasteiger partial charge in [0.15, 0.2) is 11.6 Å². The quantitative estimate of drug-likeness (QED) is 0.650. The molecule has 0 unspecified atom stereocenters. The van der Waals surface area contributed by atoms with E-state index >= 15 is 0 Å². The number of alkyl halides is 4. The van der Waals surface area contributed by atoms with Crippen molar-refractivity contribution in [2.24, 2.45) is 0 Å². The molecule has 1 nitrogen and oxygen atoms in total. The maximum Gasteiger partial charge on any atom is 0.357 e. The average molecular weight is 329 g/mol. The van der Waals surface area contributed by atoms with Crippen molar-refractivity contribution in [1.29, 1.82) is 0 Å². The monoisotopic (exact) mass is 329 g/mol. The molecule has 0 saturated carbocycles. The van der Waals surface area contributed by atoms with E-state index in [0.29, 0.717) is 25.9 Å². The number of hydrogen-bond donors (Lipinski definition) is 1. The van der Waals surface area contributed by atoms with E-state index in [4.69, 9.17) is 0 Å². The second kappa shape index (κ2) is 6.48. The van der Waals surface area contributed by atoms with Crippen LogP contribution in [0.15, 0.2) is 17.0 Å². The van der Waals surface area contributed by atoms with Gasteiger partial charge in [-0.1, -0.05) is 6.07 Å². The summed E-state index contributed by atoms with van der Waals surface area (Å²) in [5.41, 5.74) is 0.167. The third-order valence-electron chi connectivity index (χ3n) is 3.35. The molecule has 2 rings (SSSR count). The second-order valence-electron chi connectivity index (χ2n) is 4.77. The smallest absolute Gasteiger partial charge is 0.317 e. The van der Waals surface area contributed by atoms with E-state index in [1.54, 1.807) is 0 Å². The van der Waals surface area contributed by atoms with Gasteiger partial charge in [0.2, 0.25) is 0 Å². The van der Waals surface area contributed by atoms with Crippen molar-refractivity contribution in [3.8, 4) is 0 Å². The summed E-state index contributed by atoms with van der Waals surface area (Å²) >= 11 is -0.604. The Morgan fingerprint density at radius 1 is 1.14 bits per heavy atom. The first-order valence-corrected chi connectivity index (χ1v) is 7.18. The number of halogens is 6. The number of hydrogen-bond acceptors (Lipinski definition) is 2. The molecule has 118 valence electrons. The van der Waals surface area contributed by atoms with Gasteiger partial charge in [-0.2, -0.15) is 8.78 Å². The predicted molar refractivity (Wildman–Crippen MR) is 68.0 cm³/mol. The van der Waals surface area contributed by atoms with Crippen LogP contribution in [0.25, 0.3) is 0 Å². The Bertz CT molecular complexity index is 502. The fraction of sp³-hybridized carbons (Fsp3) is 0.538. The lowest BCUT2D eigenvalue weighted by molar-refractivity contribution is -0.0564. The Labute approximate surface area is 122 Å². The van der Waals surface area contributed by atoms with Crippen LogP contribution in [0.1, 0.15) is 24.3 Å². The summed E-state index contributed by atoms with van der Waals surface area (Å²) in [5.74, 6) is -3.06. The van der Waals surface area contributed by atoms with Crippen LogP contribution in [0.2, 0.25) is 0 Å². The molecule has 1 heterocycles. The van der Waals surface area contributed by atoms with Crippen molar-refractivity contribution in [3.05, 3.63) is 29.3 Å². The number of piperidine rings is 1. The van der Waals surface area contributed by atoms with Gasteiger partial charge in [0.05, 0.1) is 4.90 Å². The molecule has 0 spiro atoms. The zero-order valence-corrected chi connectivity index (χ0v) is 11.6. The molecule has 1 saturated heterocycles. The summed E-state index contributed by atoms with van der Waals surface area (Å²) in [7, 11) is 0. The molecule has 1 aromatic carbocycles. The molecule has 0 atom stereocenters. The van der Waals surface area contributed by atoms with Crippen molar-refractivity contribution in [2.75, 3.05) is 13.1 Å². The van der Waals surface area contributed by atoms with E-state index in [2.05, 4.69) is 5.32 Å². The van der Waals surface area contributed by atoms with Gasteiger partial charge in [-0.3, -0.25) is 0 Å². The van der Waals surface area contributed by atoms with Crippen LogP contribution in [0.5, 0.6) is 0 Å². The minimum Gasteiger partial charge on any atom is -0.317 e. The maximum absolute atomic E-state index is 13.8. The van der Waals surface area contributed by atoms with Gasteiger partial charge in [-0.15, -0.1) is 0 Å². The van der Waals surface area contributed by atoms with E-state index in [-0.39, 0.29) is 11.5 Å². The van der Waals surface area contributed by atoms with Crippen LogP contribution in [0.4, 0.5) is 26.3 Å². The Morgan fingerprint density at radius 2 is 1.76 bits per heavy atom. The first-order valence-electron chi connectivity index (χ1n) is 6.36. The van der Waals surface area contributed by atoms with Crippen LogP contribution in [0, 0.1) is 11.6 Å². The van der Waals surface area contributed by atoms with Gasteiger partial charge >= 0.3 is 11.7 Å². The normalized spacial score (nSPS) is 17.5. The van der Waals surface area contributed by atoms with Crippen molar-refractivity contribution >= 4 is 11.8 Å². The van der Waals surface area contributed by atoms with Crippen LogP contribution < -0.4 is 5.32 Å². The highest BCUT2D eigenvalue weighted by Gasteiger charge is 2.44. The first-order chi connectivity index (χ1) is 9.83. The lowest BCUT2D eigenvalue weighted by Crippen LogP contribution is -2.27. The SMILES string of the molecule is Fc1ccc(C2CCNCC2)c(SC(F)(F)C(F)F)c1F. The van der Waals surface area contributed by atoms with Crippen LogP contribution in [0.3, 0.4) is 0 Å². The summed E-state index contributed by atoms with van der Waals surface area (Å²) in [5, 5.41) is -1.41. The van der Waals surface area contributed by atoms with E-state index in [0.717, 1.165) is 6.07 Å². The molecule has 0 aromatic heterocycles. The molecule has 0 radical (unpaired) electrons. The van der Waals surface area contributed by atoms with E-state index in [1.165, 1.54) is 6.07 Å². The largest absolute Gasteiger partial charge is 0.357 e. The predicted octanol–water partition coefficient (Wildman–Crippen LogP) is 4.38. The van der Waals surface area contributed by atoms with Crippen LogP contribution in [-0.2, 0) is 0 Å². The molecule has 1 aromatic rings. The minimum absolute atomic E-state index is 0.167. The second-order valence-corrected chi connectivity index (χ2v) is 5.93. The maximum atomic E-state index is 13.8. The summed E-state index contributed by atoms with van der Waals surface area (Å²) in [6.45, 7) is 1.22. The van der Waals surface area contributed by atoms with Gasteiger partial charge in [-0.25, -0.2) is 17.6 Å². The molecule has 0 bridgehead atoms. The number of benzene rings is 1. The van der Waals surface area contributed by atoms with E-state index in [9.17, 15) is 26.3 Å². The van der Waals surface area contributed by atoms with Gasteiger partial charge in [0.1, 0.15) is 0 Å². The standard InChI is InChI=1S/C13H13F6NS/c14-9-2-1-8(7-3-5-20-6-4-7)11(10(9)15)21-13(18,19)12(16)17/h1-2,7,12,20H,3-6H2. The van der Waals surface area contributed by atoms with Crippen molar-refractivity contribution in [1.82, 2.24) is 5.32 Å². The number of nitrogens with one attached hydrogen (secondary N) is 1. The molecular formula is C13H13F6NS. The molecule has 1 aliphatic heterocycles. The fourth-order valence-corrected chi connectivity index (χ4v) is 3.19. The van der Waals surface area contributed by atoms with Gasteiger partial charge in [0, 0.05) is 0 Å². The Hall–Kier alpha value is -0.890. The van der Waals surface area contributed by atoms with Gasteiger partial charge in [-0.05, 0) is 55.2 Å². The molecule has 8 heteroatoms. The zero-order valence-electron chi connectivity index (χ0n) is 10.8. The third kappa shape index (κ3) is 3.66. The lowest BCUT2D eigenvalue weighted by atomic mass is 9.90. The van der Waals surface area contributed by atoms with Crippen LogP contribution >= 0.6 is 11.8 Å².